The molecule has 0 unspecified atom stereocenters. The third-order valence-electron chi connectivity index (χ3n) is 26.0. The second kappa shape index (κ2) is 30.4. The number of aromatic nitrogens is 4. The van der Waals surface area contributed by atoms with Crippen molar-refractivity contribution in [3.63, 3.8) is 0 Å². The number of hydrogen-bond acceptors (Lipinski definition) is 4. The van der Waals surface area contributed by atoms with Crippen LogP contribution >= 0.6 is 27.4 Å². The number of rotatable bonds is 4. The maximum Gasteiger partial charge on any atom is 1.00 e. The van der Waals surface area contributed by atoms with Gasteiger partial charge >= 0.3 is 25.0 Å². The summed E-state index contributed by atoms with van der Waals surface area (Å²) < 4.78 is 1.10. The second-order valence-corrected chi connectivity index (χ2v) is 33.1. The SMILES string of the molecule is Brc1ccc(-c2ccc3c(c2)C2(c4ccccc4-c4ccccc42)c2ccccc2-3)cc1.C.ClB1c2ccccc2-c2ccc3c4cccnc4c4ncccc4c3c21.F.[CH2-]CCC.[Li+].c1ccc2c(c1)B(c1ccc(-c3ccc4c(c3)C3(c5ccccc5-c5ccccc53)c3ccccc3-4)cc1)c1c-2ccc2c3cccnc3c3ncccc3c12. The van der Waals surface area contributed by atoms with Gasteiger partial charge in [0.05, 0.1) is 32.9 Å². The zero-order chi connectivity index (χ0) is 78.5. The average molecular weight is 1630 g/mol. The molecule has 4 aromatic heterocycles. The van der Waals surface area contributed by atoms with Crippen molar-refractivity contribution in [2.24, 2.45) is 0 Å². The number of unbranched alkanes of at least 4 members (excludes halogenated alkanes) is 1. The largest absolute Gasteiger partial charge is 1.00 e. The van der Waals surface area contributed by atoms with Crippen molar-refractivity contribution in [2.45, 2.75) is 38.0 Å². The minimum absolute atomic E-state index is 0. The predicted octanol–water partition coefficient (Wildman–Crippen LogP) is 22.6. The molecule has 568 valence electrons. The summed E-state index contributed by atoms with van der Waals surface area (Å²) in [4.78, 5) is 19.0. The summed E-state index contributed by atoms with van der Waals surface area (Å²) in [5, 5.41) is 9.42. The molecule has 20 aromatic rings. The second-order valence-electron chi connectivity index (χ2n) is 31.7. The van der Waals surface area contributed by atoms with Crippen molar-refractivity contribution in [1.29, 1.82) is 0 Å². The van der Waals surface area contributed by atoms with Gasteiger partial charge in [-0.05, 0) is 215 Å². The summed E-state index contributed by atoms with van der Waals surface area (Å²) in [6.07, 6.45) is 9.55. The first-order valence-electron chi connectivity index (χ1n) is 40.9. The van der Waals surface area contributed by atoms with E-state index < -0.39 is 0 Å². The van der Waals surface area contributed by atoms with Crippen molar-refractivity contribution >= 4 is 133 Å². The molecule has 0 bridgehead atoms. The maximum atomic E-state index is 6.97. The Morgan fingerprint density at radius 1 is 0.306 bits per heavy atom. The topological polar surface area (TPSA) is 51.6 Å². The Morgan fingerprint density at radius 2 is 0.603 bits per heavy atom. The number of fused-ring (bicyclic) bond motifs is 40. The van der Waals surface area contributed by atoms with Crippen LogP contribution in [0.2, 0.25) is 0 Å². The quantitative estimate of drug-likeness (QED) is 0.100. The summed E-state index contributed by atoms with van der Waals surface area (Å²) in [6.45, 7) is 5.81. The van der Waals surface area contributed by atoms with Crippen LogP contribution in [0.25, 0.3) is 154 Å². The standard InChI is InChI=1S/C53H31BN2.C31H19Br.C22H12BClN2.C4H9.CH4.FH.Li/c1-5-17-44-35(11-1)36-12-2-6-18-45(36)53(44)46-19-7-3-13-37(46)38-26-23-33(31-47(38)53)32-21-24-34(25-22-32)54-48-20-8-4-14-39(48)41-28-27-40-42-15-9-29-55-51(42)52-43(16-10-30-56-52)49(40)50(41)54;32-22-16-13-20(14-17-22)21-15-18-26-25-9-3-6-12-29(25)31(30(26)19-21)27-10-4-1-7-23(27)24-8-2-5-11-28(24)31;24-23-18-8-2-1-5-13(18)15-10-9-14-16-6-3-11-25-21(16)22-17(7-4-12-26-22)19(14)20(15)23;1-3-4-2;;;/h1-31H;1-19H;1-12H;1,3-4H2,2H3;1H4;1H;/q;;;-1;;;+1. The Labute approximate surface area is 729 Å². The minimum Gasteiger partial charge on any atom is -0.343 e. The molecular weight excluding hydrogens is 1550 g/mol. The van der Waals surface area contributed by atoms with Crippen molar-refractivity contribution < 1.29 is 23.6 Å². The number of benzene rings is 16. The van der Waals surface area contributed by atoms with Gasteiger partial charge in [-0.1, -0.05) is 356 Å². The molecular formula is C111H76B2BrClFLiN4. The molecule has 4 aliphatic carbocycles. The summed E-state index contributed by atoms with van der Waals surface area (Å²) in [7, 11) is 0. The Balaban J connectivity index is 0.000000122. The van der Waals surface area contributed by atoms with Crippen molar-refractivity contribution in [2.75, 3.05) is 0 Å². The number of nitrogens with zero attached hydrogens (tertiary/aromatic N) is 4. The maximum absolute atomic E-state index is 6.97. The molecule has 0 atom stereocenters. The third kappa shape index (κ3) is 11.3. The smallest absolute Gasteiger partial charge is 0.343 e. The van der Waals surface area contributed by atoms with Crippen LogP contribution in [0.15, 0.2) is 381 Å². The molecule has 0 saturated heterocycles. The van der Waals surface area contributed by atoms with E-state index in [0.29, 0.717) is 0 Å². The van der Waals surface area contributed by atoms with E-state index in [1.165, 1.54) is 189 Å². The Morgan fingerprint density at radius 3 is 1.00 bits per heavy atom. The van der Waals surface area contributed by atoms with Crippen LogP contribution in [0.4, 0.5) is 4.70 Å². The summed E-state index contributed by atoms with van der Waals surface area (Å²) >= 11 is 10.5. The predicted molar refractivity (Wildman–Crippen MR) is 509 cm³/mol. The normalized spacial score (nSPS) is 13.1. The summed E-state index contributed by atoms with van der Waals surface area (Å²) in [5.74, 6) is 0. The molecule has 6 heterocycles. The number of hydrogen-bond donors (Lipinski definition) is 0. The number of halogens is 3. The molecule has 4 nitrogen and oxygen atoms in total. The van der Waals surface area contributed by atoms with Gasteiger partial charge in [-0.15, -0.1) is 0 Å². The van der Waals surface area contributed by atoms with Gasteiger partial charge in [0.25, 0.3) is 0 Å². The molecule has 2 spiro atoms. The van der Waals surface area contributed by atoms with Gasteiger partial charge in [-0.2, -0.15) is 17.9 Å². The van der Waals surface area contributed by atoms with E-state index in [0.717, 1.165) is 54.5 Å². The van der Waals surface area contributed by atoms with E-state index in [4.69, 9.17) is 21.4 Å². The Kier molecular flexibility index (Phi) is 19.3. The van der Waals surface area contributed by atoms with Gasteiger partial charge < -0.3 is 6.92 Å². The molecule has 0 amide bonds. The van der Waals surface area contributed by atoms with Gasteiger partial charge in [0.15, 0.2) is 0 Å². The van der Waals surface area contributed by atoms with Gasteiger partial charge in [-0.25, -0.2) is 0 Å². The Bertz CT molecular complexity index is 7420. The molecule has 16 aromatic carbocycles. The molecule has 0 saturated carbocycles. The zero-order valence-electron chi connectivity index (χ0n) is 66.0. The van der Waals surface area contributed by atoms with Crippen LogP contribution in [0.5, 0.6) is 0 Å². The fourth-order valence-electron chi connectivity index (χ4n) is 21.2. The van der Waals surface area contributed by atoms with Crippen molar-refractivity contribution in [3.05, 3.63) is 433 Å². The van der Waals surface area contributed by atoms with Gasteiger partial charge in [-0.3, -0.25) is 24.6 Å². The van der Waals surface area contributed by atoms with Crippen LogP contribution in [0.1, 0.15) is 71.7 Å². The molecule has 0 N–H and O–H groups in total. The fourth-order valence-corrected chi connectivity index (χ4v) is 21.9. The molecule has 2 aliphatic heterocycles. The van der Waals surface area contributed by atoms with E-state index in [-0.39, 0.29) is 54.7 Å². The first-order valence-corrected chi connectivity index (χ1v) is 42.1. The number of pyridine rings is 4. The van der Waals surface area contributed by atoms with E-state index in [2.05, 4.69) is 373 Å². The zero-order valence-corrected chi connectivity index (χ0v) is 68.4. The van der Waals surface area contributed by atoms with Gasteiger partial charge in [0.2, 0.25) is 6.71 Å². The van der Waals surface area contributed by atoms with Crippen LogP contribution in [-0.4, -0.2) is 32.8 Å². The third-order valence-corrected chi connectivity index (χ3v) is 27.0. The van der Waals surface area contributed by atoms with Crippen molar-refractivity contribution in [3.8, 4) is 89.0 Å². The van der Waals surface area contributed by atoms with Crippen molar-refractivity contribution in [1.82, 2.24) is 19.9 Å². The van der Waals surface area contributed by atoms with Crippen LogP contribution < -0.4 is 46.2 Å². The Hall–Kier alpha value is -12.9. The molecule has 121 heavy (non-hydrogen) atoms. The van der Waals surface area contributed by atoms with Gasteiger partial charge in [0, 0.05) is 50.8 Å². The van der Waals surface area contributed by atoms with Gasteiger partial charge in [0.1, 0.15) is 0 Å². The molecule has 0 radical (unpaired) electrons. The summed E-state index contributed by atoms with van der Waals surface area (Å²) in [6, 6.07) is 129. The summed E-state index contributed by atoms with van der Waals surface area (Å²) in [5.41, 5.74) is 41.3. The van der Waals surface area contributed by atoms with Crippen LogP contribution in [-0.2, 0) is 10.8 Å². The first-order chi connectivity index (χ1) is 58.3. The first kappa shape index (κ1) is 76.8. The van der Waals surface area contributed by atoms with E-state index in [9.17, 15) is 0 Å². The van der Waals surface area contributed by atoms with E-state index in [1.54, 1.807) is 0 Å². The molecule has 0 fully saturated rings. The monoisotopic (exact) mass is 1630 g/mol. The minimum atomic E-state index is -0.356. The molecule has 26 rings (SSSR count). The van der Waals surface area contributed by atoms with E-state index in [1.807, 2.05) is 43.0 Å². The average Bonchev–Trinajstić information content (AvgIpc) is 1.51. The van der Waals surface area contributed by atoms with Crippen LogP contribution in [0.3, 0.4) is 0 Å². The van der Waals surface area contributed by atoms with Crippen LogP contribution in [0, 0.1) is 6.92 Å². The molecule has 10 heteroatoms. The molecule has 6 aliphatic rings. The van der Waals surface area contributed by atoms with E-state index >= 15 is 0 Å². The fraction of sp³-hybridized carbons (Fsp3) is 0.0541.